The summed E-state index contributed by atoms with van der Waals surface area (Å²) >= 11 is 7.60. The largest absolute Gasteiger partial charge is 0.496 e. The predicted molar refractivity (Wildman–Crippen MR) is 122 cm³/mol. The summed E-state index contributed by atoms with van der Waals surface area (Å²) < 4.78 is 19.1. The number of aromatic nitrogens is 2. The van der Waals surface area contributed by atoms with Gasteiger partial charge in [-0.2, -0.15) is 0 Å². The topological polar surface area (TPSA) is 67.4 Å². The highest BCUT2D eigenvalue weighted by Gasteiger charge is 2.27. The van der Waals surface area contributed by atoms with Crippen LogP contribution in [0.4, 0.5) is 15.9 Å². The third kappa shape index (κ3) is 4.70. The molecule has 1 saturated heterocycles. The standard InChI is InChI=1S/C22H22ClFN4O2S/c1-3-21(29)28-7-6-14(11-28)31-20-9-15-18(10-19(20)30-2)25-12-26-22(15)27-13-4-5-17(24)16(23)8-13/h4-5,8-10,12,14H,3,6-7,11H2,1-2H3,(H,25,26,27). The number of rotatable bonds is 6. The molecule has 2 heterocycles. The van der Waals surface area contributed by atoms with Crippen LogP contribution in [-0.2, 0) is 4.79 Å². The summed E-state index contributed by atoms with van der Waals surface area (Å²) in [7, 11) is 1.63. The Morgan fingerprint density at radius 3 is 2.94 bits per heavy atom. The van der Waals surface area contributed by atoms with E-state index in [2.05, 4.69) is 15.3 Å². The predicted octanol–water partition coefficient (Wildman–Crippen LogP) is 5.28. The number of nitrogens with zero attached hydrogens (tertiary/aromatic N) is 3. The van der Waals surface area contributed by atoms with Crippen molar-refractivity contribution in [3.8, 4) is 5.75 Å². The van der Waals surface area contributed by atoms with E-state index in [1.165, 1.54) is 18.5 Å². The highest BCUT2D eigenvalue weighted by Crippen LogP contribution is 2.39. The molecule has 6 nitrogen and oxygen atoms in total. The average molecular weight is 461 g/mol. The van der Waals surface area contributed by atoms with Crippen molar-refractivity contribution in [2.75, 3.05) is 25.5 Å². The summed E-state index contributed by atoms with van der Waals surface area (Å²) in [5.41, 5.74) is 1.35. The fourth-order valence-corrected chi connectivity index (χ4v) is 5.04. The van der Waals surface area contributed by atoms with Gasteiger partial charge in [-0.25, -0.2) is 14.4 Å². The molecule has 4 rings (SSSR count). The van der Waals surface area contributed by atoms with Crippen molar-refractivity contribution in [1.82, 2.24) is 14.9 Å². The Morgan fingerprint density at radius 1 is 1.35 bits per heavy atom. The molecule has 1 unspecified atom stereocenters. The number of hydrogen-bond acceptors (Lipinski definition) is 6. The lowest BCUT2D eigenvalue weighted by atomic mass is 10.2. The van der Waals surface area contributed by atoms with Gasteiger partial charge in [-0.3, -0.25) is 4.79 Å². The first-order valence-corrected chi connectivity index (χ1v) is 11.2. The first kappa shape index (κ1) is 21.6. The van der Waals surface area contributed by atoms with Crippen molar-refractivity contribution >= 4 is 51.7 Å². The lowest BCUT2D eigenvalue weighted by Gasteiger charge is -2.17. The Morgan fingerprint density at radius 2 is 2.19 bits per heavy atom. The zero-order valence-electron chi connectivity index (χ0n) is 17.2. The van der Waals surface area contributed by atoms with E-state index in [1.54, 1.807) is 24.9 Å². The summed E-state index contributed by atoms with van der Waals surface area (Å²) in [5, 5.41) is 4.33. The molecule has 3 aromatic rings. The number of hydrogen-bond donors (Lipinski definition) is 1. The van der Waals surface area contributed by atoms with Crippen molar-refractivity contribution in [1.29, 1.82) is 0 Å². The first-order chi connectivity index (χ1) is 15.0. The Kier molecular flexibility index (Phi) is 6.48. The highest BCUT2D eigenvalue weighted by molar-refractivity contribution is 8.00. The number of carbonyl (C=O) groups excluding carboxylic acids is 1. The number of ether oxygens (including phenoxy) is 1. The van der Waals surface area contributed by atoms with Crippen molar-refractivity contribution in [3.63, 3.8) is 0 Å². The van der Waals surface area contributed by atoms with Crippen LogP contribution in [0.3, 0.4) is 0 Å². The smallest absolute Gasteiger partial charge is 0.222 e. The zero-order valence-corrected chi connectivity index (χ0v) is 18.8. The molecule has 1 N–H and O–H groups in total. The molecule has 1 amide bonds. The van der Waals surface area contributed by atoms with E-state index in [0.29, 0.717) is 23.2 Å². The molecule has 1 fully saturated rings. The summed E-state index contributed by atoms with van der Waals surface area (Å²) in [5.74, 6) is 1.03. The minimum Gasteiger partial charge on any atom is -0.496 e. The van der Waals surface area contributed by atoms with Crippen molar-refractivity contribution < 1.29 is 13.9 Å². The van der Waals surface area contributed by atoms with Crippen molar-refractivity contribution in [3.05, 3.63) is 47.5 Å². The van der Waals surface area contributed by atoms with Gasteiger partial charge in [0.15, 0.2) is 0 Å². The van der Waals surface area contributed by atoms with Gasteiger partial charge in [0.1, 0.15) is 23.7 Å². The van der Waals surface area contributed by atoms with Crippen LogP contribution >= 0.6 is 23.4 Å². The number of anilines is 2. The van der Waals surface area contributed by atoms with Gasteiger partial charge in [0.25, 0.3) is 0 Å². The van der Waals surface area contributed by atoms with Crippen LogP contribution in [0.15, 0.2) is 41.6 Å². The second-order valence-corrected chi connectivity index (χ2v) is 8.97. The van der Waals surface area contributed by atoms with Crippen LogP contribution < -0.4 is 10.1 Å². The summed E-state index contributed by atoms with van der Waals surface area (Å²) in [6, 6.07) is 8.30. The zero-order chi connectivity index (χ0) is 22.0. The monoisotopic (exact) mass is 460 g/mol. The second-order valence-electron chi connectivity index (χ2n) is 7.22. The van der Waals surface area contributed by atoms with Crippen LogP contribution in [0.1, 0.15) is 19.8 Å². The van der Waals surface area contributed by atoms with Gasteiger partial charge < -0.3 is 15.0 Å². The van der Waals surface area contributed by atoms with Gasteiger partial charge in [-0.1, -0.05) is 18.5 Å². The maximum atomic E-state index is 13.5. The summed E-state index contributed by atoms with van der Waals surface area (Å²) in [6.07, 6.45) is 2.92. The van der Waals surface area contributed by atoms with Gasteiger partial charge in [0, 0.05) is 41.9 Å². The maximum Gasteiger partial charge on any atom is 0.222 e. The molecule has 0 aliphatic carbocycles. The molecule has 1 aliphatic rings. The second kappa shape index (κ2) is 9.28. The van der Waals surface area contributed by atoms with Crippen LogP contribution in [0.2, 0.25) is 5.02 Å². The molecular formula is C22H22ClFN4O2S. The van der Waals surface area contributed by atoms with Crippen molar-refractivity contribution in [2.24, 2.45) is 0 Å². The minimum atomic E-state index is -0.477. The van der Waals surface area contributed by atoms with Gasteiger partial charge in [-0.05, 0) is 30.7 Å². The molecule has 162 valence electrons. The number of methoxy groups -OCH3 is 1. The SMILES string of the molecule is CCC(=O)N1CCC(Sc2cc3c(Nc4ccc(F)c(Cl)c4)ncnc3cc2OC)C1. The molecule has 1 atom stereocenters. The molecule has 0 radical (unpaired) electrons. The molecule has 0 spiro atoms. The molecular weight excluding hydrogens is 439 g/mol. The van der Waals surface area contributed by atoms with E-state index < -0.39 is 5.82 Å². The summed E-state index contributed by atoms with van der Waals surface area (Å²) in [6.45, 7) is 3.39. The molecule has 0 bridgehead atoms. The molecule has 1 aliphatic heterocycles. The van der Waals surface area contributed by atoms with E-state index in [4.69, 9.17) is 16.3 Å². The highest BCUT2D eigenvalue weighted by atomic mass is 35.5. The van der Waals surface area contributed by atoms with E-state index in [1.807, 2.05) is 24.0 Å². The molecule has 9 heteroatoms. The molecule has 1 aromatic heterocycles. The average Bonchev–Trinajstić information content (AvgIpc) is 3.24. The van der Waals surface area contributed by atoms with E-state index in [-0.39, 0.29) is 10.9 Å². The van der Waals surface area contributed by atoms with Crippen LogP contribution in [0.5, 0.6) is 5.75 Å². The number of carbonyl (C=O) groups is 1. The number of halogens is 2. The quantitative estimate of drug-likeness (QED) is 0.540. The number of benzene rings is 2. The van der Waals surface area contributed by atoms with Gasteiger partial charge in [-0.15, -0.1) is 11.8 Å². The lowest BCUT2D eigenvalue weighted by Crippen LogP contribution is -2.28. The Balaban J connectivity index is 1.64. The molecule has 2 aromatic carbocycles. The maximum absolute atomic E-state index is 13.5. The first-order valence-electron chi connectivity index (χ1n) is 9.97. The fourth-order valence-electron chi connectivity index (χ4n) is 3.58. The number of thioether (sulfide) groups is 1. The fraction of sp³-hybridized carbons (Fsp3) is 0.318. The van der Waals surface area contributed by atoms with E-state index in [0.717, 1.165) is 41.1 Å². The lowest BCUT2D eigenvalue weighted by molar-refractivity contribution is -0.129. The van der Waals surface area contributed by atoms with E-state index in [9.17, 15) is 9.18 Å². The molecule has 31 heavy (non-hydrogen) atoms. The Bertz CT molecular complexity index is 1130. The van der Waals surface area contributed by atoms with E-state index >= 15 is 0 Å². The van der Waals surface area contributed by atoms with Crippen LogP contribution in [-0.4, -0.2) is 46.2 Å². The molecule has 0 saturated carbocycles. The van der Waals surface area contributed by atoms with Gasteiger partial charge >= 0.3 is 0 Å². The van der Waals surface area contributed by atoms with Gasteiger partial charge in [0.2, 0.25) is 5.91 Å². The third-order valence-corrected chi connectivity index (χ3v) is 6.78. The van der Waals surface area contributed by atoms with Crippen LogP contribution in [0.25, 0.3) is 10.9 Å². The van der Waals surface area contributed by atoms with Gasteiger partial charge in [0.05, 0.1) is 22.5 Å². The minimum absolute atomic E-state index is 0.0358. The number of likely N-dealkylation sites (tertiary alicyclic amines) is 1. The number of fused-ring (bicyclic) bond motifs is 1. The summed E-state index contributed by atoms with van der Waals surface area (Å²) in [4.78, 5) is 23.6. The Labute approximate surface area is 189 Å². The number of nitrogens with one attached hydrogen (secondary N) is 1. The van der Waals surface area contributed by atoms with Crippen LogP contribution in [0, 0.1) is 5.82 Å². The van der Waals surface area contributed by atoms with Crippen molar-refractivity contribution in [2.45, 2.75) is 29.9 Å². The normalized spacial score (nSPS) is 16.0. The third-order valence-electron chi connectivity index (χ3n) is 5.20. The number of amides is 1. The Hall–Kier alpha value is -2.58.